The molecule has 10 rings (SSSR count). The predicted molar refractivity (Wildman–Crippen MR) is 335 cm³/mol. The number of carboxylic acids is 1. The molecule has 4 aliphatic rings. The highest BCUT2D eigenvalue weighted by molar-refractivity contribution is 6.32. The van der Waals surface area contributed by atoms with Crippen molar-refractivity contribution in [1.82, 2.24) is 24.9 Å². The number of nitrogens with zero attached hydrogens (tertiary/aromatic N) is 4. The van der Waals surface area contributed by atoms with Gasteiger partial charge in [0, 0.05) is 58.2 Å². The van der Waals surface area contributed by atoms with Crippen LogP contribution < -0.4 is 20.5 Å². The van der Waals surface area contributed by atoms with Crippen molar-refractivity contribution in [2.24, 2.45) is 5.73 Å². The van der Waals surface area contributed by atoms with Crippen molar-refractivity contribution in [2.45, 2.75) is 133 Å². The van der Waals surface area contributed by atoms with E-state index in [2.05, 4.69) is 39.0 Å². The zero-order chi connectivity index (χ0) is 60.7. The molecule has 4 saturated heterocycles. The number of likely N-dealkylation sites (tertiary alicyclic amines) is 4. The van der Waals surface area contributed by atoms with Crippen LogP contribution in [-0.4, -0.2) is 162 Å². The lowest BCUT2D eigenvalue weighted by Gasteiger charge is -2.31. The molecule has 4 heterocycles. The maximum absolute atomic E-state index is 15.2. The first-order chi connectivity index (χ1) is 40.7. The van der Waals surface area contributed by atoms with Gasteiger partial charge < -0.3 is 55.4 Å². The third kappa shape index (κ3) is 19.7. The smallest absolute Gasteiger partial charge is 0.374 e. The molecule has 4 aliphatic heterocycles. The Kier molecular flexibility index (Phi) is 25.3. The Morgan fingerprint density at radius 2 is 0.988 bits per heavy atom. The van der Waals surface area contributed by atoms with Gasteiger partial charge in [-0.25, -0.2) is 4.79 Å². The van der Waals surface area contributed by atoms with E-state index in [-0.39, 0.29) is 45.1 Å². The molecule has 0 radical (unpaired) electrons. The molecule has 468 valence electrons. The minimum atomic E-state index is -3.66. The van der Waals surface area contributed by atoms with Crippen molar-refractivity contribution < 1.29 is 51.9 Å². The van der Waals surface area contributed by atoms with E-state index in [0.717, 1.165) is 129 Å². The Balaban J connectivity index is 0.000000203. The molecule has 13 nitrogen and oxygen atoms in total. The van der Waals surface area contributed by atoms with Gasteiger partial charge in [-0.05, 0) is 173 Å². The molecule has 1 amide bonds. The number of ether oxygens (including phenoxy) is 2. The molecule has 0 aromatic heterocycles. The Bertz CT molecular complexity index is 3120. The quantitative estimate of drug-likeness (QED) is 0.0434. The Morgan fingerprint density at radius 1 is 0.581 bits per heavy atom. The van der Waals surface area contributed by atoms with Gasteiger partial charge in [-0.2, -0.15) is 17.6 Å². The number of nitrogens with two attached hydrogens (primary N) is 1. The summed E-state index contributed by atoms with van der Waals surface area (Å²) in [7, 11) is 4.21. The summed E-state index contributed by atoms with van der Waals surface area (Å²) in [5.74, 6) is -9.48. The number of carbonyl (C=O) groups excluding carboxylic acids is 1. The lowest BCUT2D eigenvalue weighted by atomic mass is 9.99. The molecule has 86 heavy (non-hydrogen) atoms. The van der Waals surface area contributed by atoms with E-state index in [0.29, 0.717) is 33.7 Å². The van der Waals surface area contributed by atoms with E-state index in [1.54, 1.807) is 30.3 Å². The standard InChI is InChI=1S/C33H40ClF2N3O3.C19H30ClN3O2.C14H12F2O2.CH4/c1-38-18-13-27(14-19-38)42-30-11-10-26(21-28(30)34)31(40)29(22-39-16-4-5-17-39)37-32(41)33(35,36)15-12-23-8-9-24-6-2-3-7-25(24)20-23;1-22-10-6-15(7-11-22)25-18-5-4-14(12-16(18)20)19(24)17(21)13-23-8-2-3-9-23;15-14(16,13(17)18)8-7-10-5-6-11-3-1-2-4-12(11)9-10;/h2-3,6-11,20-21,27,29,31,40H,4-5,12-19,22H2,1H3,(H,37,41);4-5,12,15,17,19,24H,2-3,6-11,13,21H2,1H3;1-6,9H,7-8H2,(H,17,18);1H4/t29-,31-;17-,19?;;/m11../s1. The number of benzene rings is 6. The first-order valence-corrected chi connectivity index (χ1v) is 30.6. The number of amides is 1. The van der Waals surface area contributed by atoms with E-state index < -0.39 is 54.8 Å². The maximum atomic E-state index is 15.2. The number of piperidine rings is 2. The van der Waals surface area contributed by atoms with Crippen LogP contribution in [0.3, 0.4) is 0 Å². The number of rotatable bonds is 21. The Morgan fingerprint density at radius 3 is 1.42 bits per heavy atom. The number of halogens is 6. The molecule has 4 atom stereocenters. The molecule has 0 saturated carbocycles. The molecule has 0 aliphatic carbocycles. The number of aryl methyl sites for hydroxylation is 2. The molecule has 0 bridgehead atoms. The highest BCUT2D eigenvalue weighted by atomic mass is 35.5. The van der Waals surface area contributed by atoms with E-state index in [1.807, 2.05) is 91.0 Å². The minimum Gasteiger partial charge on any atom is -0.489 e. The SMILES string of the molecule is C.CN1CCC(Oc2ccc(C(O)[C@H](N)CN3CCCC3)cc2Cl)CC1.CN1CCC(Oc2ccc([C@@H](O)[C@@H](CN3CCCC3)NC(=O)C(F)(F)CCc3ccc4ccccc4c3)cc2Cl)CC1.O=C(O)C(F)(F)CCc1ccc2ccccc2c1. The van der Waals surface area contributed by atoms with Gasteiger partial charge in [-0.15, -0.1) is 0 Å². The summed E-state index contributed by atoms with van der Waals surface area (Å²) < 4.78 is 68.4. The van der Waals surface area contributed by atoms with Crippen LogP contribution in [0.4, 0.5) is 17.6 Å². The monoisotopic (exact) mass is 1230 g/mol. The van der Waals surface area contributed by atoms with Gasteiger partial charge in [-0.1, -0.05) is 128 Å². The molecule has 4 fully saturated rings. The van der Waals surface area contributed by atoms with Crippen molar-refractivity contribution >= 4 is 56.6 Å². The second-order valence-corrected chi connectivity index (χ2v) is 24.2. The highest BCUT2D eigenvalue weighted by Crippen LogP contribution is 2.34. The van der Waals surface area contributed by atoms with Gasteiger partial charge in [0.1, 0.15) is 29.8 Å². The number of nitrogens with one attached hydrogen (secondary N) is 1. The second kappa shape index (κ2) is 32.0. The molecule has 6 aromatic carbocycles. The minimum absolute atomic E-state index is 0. The van der Waals surface area contributed by atoms with Gasteiger partial charge in [0.05, 0.1) is 22.2 Å². The van der Waals surface area contributed by atoms with E-state index in [9.17, 15) is 28.6 Å². The maximum Gasteiger partial charge on any atom is 0.374 e. The predicted octanol–water partition coefficient (Wildman–Crippen LogP) is 12.2. The van der Waals surface area contributed by atoms with Crippen LogP contribution in [0.5, 0.6) is 11.5 Å². The van der Waals surface area contributed by atoms with Crippen molar-refractivity contribution in [1.29, 1.82) is 0 Å². The molecule has 6 aromatic rings. The summed E-state index contributed by atoms with van der Waals surface area (Å²) in [6, 6.07) is 35.7. The number of aliphatic hydroxyl groups is 2. The Hall–Kier alpha value is -5.60. The number of aliphatic hydroxyl groups excluding tert-OH is 2. The average Bonchev–Trinajstić information content (AvgIpc) is 3.37. The first kappa shape index (κ1) is 67.9. The highest BCUT2D eigenvalue weighted by Gasteiger charge is 2.41. The van der Waals surface area contributed by atoms with E-state index in [4.69, 9.17) is 43.5 Å². The largest absolute Gasteiger partial charge is 0.489 e. The third-order valence-electron chi connectivity index (χ3n) is 16.7. The molecular weight excluding hydrogens is 1150 g/mol. The normalized spacial score (nSPS) is 18.2. The topological polar surface area (TPSA) is 164 Å². The number of hydrogen-bond donors (Lipinski definition) is 5. The van der Waals surface area contributed by atoms with Crippen LogP contribution in [0.2, 0.25) is 10.0 Å². The first-order valence-electron chi connectivity index (χ1n) is 29.8. The fourth-order valence-electron chi connectivity index (χ4n) is 11.4. The van der Waals surface area contributed by atoms with Crippen LogP contribution in [0.25, 0.3) is 21.5 Å². The molecule has 19 heteroatoms. The molecular formula is C67H86Cl2F4N6O7. The Labute approximate surface area is 514 Å². The third-order valence-corrected chi connectivity index (χ3v) is 17.3. The summed E-state index contributed by atoms with van der Waals surface area (Å²) in [6.45, 7) is 8.70. The zero-order valence-corrected chi connectivity index (χ0v) is 50.2. The summed E-state index contributed by atoms with van der Waals surface area (Å²) >= 11 is 12.9. The van der Waals surface area contributed by atoms with Crippen LogP contribution in [0.1, 0.15) is 106 Å². The van der Waals surface area contributed by atoms with Crippen molar-refractivity contribution in [2.75, 3.05) is 79.5 Å². The van der Waals surface area contributed by atoms with Crippen LogP contribution in [0, 0.1) is 0 Å². The average molecular weight is 1230 g/mol. The number of carbonyl (C=O) groups is 2. The summed E-state index contributed by atoms with van der Waals surface area (Å²) in [4.78, 5) is 32.2. The van der Waals surface area contributed by atoms with Crippen LogP contribution >= 0.6 is 23.2 Å². The van der Waals surface area contributed by atoms with Gasteiger partial charge >= 0.3 is 17.8 Å². The summed E-state index contributed by atoms with van der Waals surface area (Å²) in [5.41, 5.74) is 8.87. The van der Waals surface area contributed by atoms with Gasteiger partial charge in [-0.3, -0.25) is 4.79 Å². The second-order valence-electron chi connectivity index (χ2n) is 23.3. The number of carboxylic acid groups (broad SMARTS) is 1. The molecule has 6 N–H and O–H groups in total. The molecule has 1 unspecified atom stereocenters. The van der Waals surface area contributed by atoms with Crippen molar-refractivity contribution in [3.8, 4) is 11.5 Å². The number of aliphatic carboxylic acids is 1. The van der Waals surface area contributed by atoms with Gasteiger partial charge in [0.15, 0.2) is 0 Å². The fourth-order valence-corrected chi connectivity index (χ4v) is 11.8. The number of alkyl halides is 4. The van der Waals surface area contributed by atoms with Crippen molar-refractivity contribution in [3.05, 3.63) is 154 Å². The summed E-state index contributed by atoms with van der Waals surface area (Å²) in [5, 5.41) is 37.6. The lowest BCUT2D eigenvalue weighted by Crippen LogP contribution is -2.51. The van der Waals surface area contributed by atoms with Gasteiger partial charge in [0.2, 0.25) is 0 Å². The van der Waals surface area contributed by atoms with Gasteiger partial charge in [0.25, 0.3) is 5.91 Å². The fraction of sp³-hybridized carbons (Fsp3) is 0.493. The van der Waals surface area contributed by atoms with Crippen LogP contribution in [-0.2, 0) is 22.4 Å². The zero-order valence-electron chi connectivity index (χ0n) is 48.7. The lowest BCUT2D eigenvalue weighted by molar-refractivity contribution is -0.165. The number of hydrogen-bond acceptors (Lipinski definition) is 11. The van der Waals surface area contributed by atoms with E-state index >= 15 is 8.78 Å². The van der Waals surface area contributed by atoms with Crippen LogP contribution in [0.15, 0.2) is 121 Å². The number of fused-ring (bicyclic) bond motifs is 2. The van der Waals surface area contributed by atoms with Crippen molar-refractivity contribution in [3.63, 3.8) is 0 Å². The van der Waals surface area contributed by atoms with E-state index in [1.165, 1.54) is 12.8 Å². The summed E-state index contributed by atoms with van der Waals surface area (Å²) in [6.07, 6.45) is 5.38. The molecule has 0 spiro atoms.